The zero-order valence-corrected chi connectivity index (χ0v) is 15.0. The summed E-state index contributed by atoms with van der Waals surface area (Å²) in [5, 5.41) is 4.37. The van der Waals surface area contributed by atoms with E-state index in [1.165, 1.54) is 6.20 Å². The van der Waals surface area contributed by atoms with Gasteiger partial charge in [0.05, 0.1) is 18.5 Å². The van der Waals surface area contributed by atoms with E-state index in [2.05, 4.69) is 15.1 Å². The fourth-order valence-corrected chi connectivity index (χ4v) is 2.48. The third kappa shape index (κ3) is 3.88. The molecule has 2 aromatic heterocycles. The van der Waals surface area contributed by atoms with Crippen LogP contribution in [0.5, 0.6) is 5.88 Å². The number of rotatable bonds is 6. The van der Waals surface area contributed by atoms with Crippen molar-refractivity contribution < 1.29 is 14.3 Å². The summed E-state index contributed by atoms with van der Waals surface area (Å²) < 4.78 is 12.5. The van der Waals surface area contributed by atoms with E-state index in [0.29, 0.717) is 5.95 Å². The Labute approximate surface area is 151 Å². The molecule has 26 heavy (non-hydrogen) atoms. The fraction of sp³-hybridized carbons (Fsp3) is 0.263. The van der Waals surface area contributed by atoms with Crippen LogP contribution in [0.15, 0.2) is 42.6 Å². The summed E-state index contributed by atoms with van der Waals surface area (Å²) in [5.74, 6) is -0.00737. The SMILES string of the molecule is CCOC(=O)c1cnc(-n2nc(C)cc2C)nc1OCc1ccccc1. The van der Waals surface area contributed by atoms with E-state index in [1.54, 1.807) is 11.6 Å². The molecule has 0 saturated carbocycles. The lowest BCUT2D eigenvalue weighted by atomic mass is 10.2. The van der Waals surface area contributed by atoms with Crippen molar-refractivity contribution in [3.05, 3.63) is 65.1 Å². The van der Waals surface area contributed by atoms with E-state index in [0.717, 1.165) is 17.0 Å². The van der Waals surface area contributed by atoms with Gasteiger partial charge in [0.1, 0.15) is 12.2 Å². The van der Waals surface area contributed by atoms with E-state index in [4.69, 9.17) is 9.47 Å². The van der Waals surface area contributed by atoms with Gasteiger partial charge in [0.2, 0.25) is 5.88 Å². The van der Waals surface area contributed by atoms with Crippen LogP contribution in [0.1, 0.15) is 34.2 Å². The van der Waals surface area contributed by atoms with E-state index in [-0.39, 0.29) is 24.7 Å². The second-order valence-corrected chi connectivity index (χ2v) is 5.72. The predicted molar refractivity (Wildman–Crippen MR) is 95.4 cm³/mol. The van der Waals surface area contributed by atoms with Gasteiger partial charge in [0, 0.05) is 5.69 Å². The summed E-state index contributed by atoms with van der Waals surface area (Å²) in [6.45, 7) is 6.08. The van der Waals surface area contributed by atoms with Crippen molar-refractivity contribution in [3.63, 3.8) is 0 Å². The molecule has 0 bridgehead atoms. The highest BCUT2D eigenvalue weighted by atomic mass is 16.5. The Balaban J connectivity index is 1.95. The minimum absolute atomic E-state index is 0.171. The molecule has 2 heterocycles. The first kappa shape index (κ1) is 17.6. The standard InChI is InChI=1S/C19H20N4O3/c1-4-25-18(24)16-11-20-19(23-14(3)10-13(2)22-23)21-17(16)26-12-15-8-6-5-7-9-15/h5-11H,4,12H2,1-3H3. The van der Waals surface area contributed by atoms with Crippen LogP contribution in [-0.2, 0) is 11.3 Å². The summed E-state index contributed by atoms with van der Waals surface area (Å²) in [4.78, 5) is 20.8. The molecule has 7 nitrogen and oxygen atoms in total. The Morgan fingerprint density at radius 2 is 1.96 bits per heavy atom. The first-order valence-corrected chi connectivity index (χ1v) is 8.33. The number of carbonyl (C=O) groups excluding carboxylic acids is 1. The number of nitrogens with zero attached hydrogens (tertiary/aromatic N) is 4. The highest BCUT2D eigenvalue weighted by molar-refractivity contribution is 5.91. The van der Waals surface area contributed by atoms with Gasteiger partial charge >= 0.3 is 5.97 Å². The van der Waals surface area contributed by atoms with E-state index in [1.807, 2.05) is 50.2 Å². The summed E-state index contributed by atoms with van der Waals surface area (Å²) >= 11 is 0. The van der Waals surface area contributed by atoms with Crippen LogP contribution in [0.4, 0.5) is 0 Å². The third-order valence-corrected chi connectivity index (χ3v) is 3.65. The molecule has 0 spiro atoms. The minimum atomic E-state index is -0.518. The lowest BCUT2D eigenvalue weighted by Crippen LogP contribution is -2.13. The summed E-state index contributed by atoms with van der Waals surface area (Å²) in [5.41, 5.74) is 2.90. The molecule has 0 aliphatic carbocycles. The van der Waals surface area contributed by atoms with Gasteiger partial charge in [-0.15, -0.1) is 0 Å². The van der Waals surface area contributed by atoms with E-state index < -0.39 is 5.97 Å². The van der Waals surface area contributed by atoms with Gasteiger partial charge < -0.3 is 9.47 Å². The molecule has 3 aromatic rings. The van der Waals surface area contributed by atoms with Gasteiger partial charge in [0.15, 0.2) is 0 Å². The molecule has 0 amide bonds. The molecule has 0 unspecified atom stereocenters. The molecule has 0 fully saturated rings. The lowest BCUT2D eigenvalue weighted by Gasteiger charge is -2.11. The average molecular weight is 352 g/mol. The zero-order chi connectivity index (χ0) is 18.5. The van der Waals surface area contributed by atoms with Crippen molar-refractivity contribution in [2.75, 3.05) is 6.61 Å². The van der Waals surface area contributed by atoms with Crippen LogP contribution < -0.4 is 4.74 Å². The van der Waals surface area contributed by atoms with Crippen molar-refractivity contribution in [3.8, 4) is 11.8 Å². The molecule has 3 rings (SSSR count). The van der Waals surface area contributed by atoms with Crippen LogP contribution >= 0.6 is 0 Å². The molecule has 0 radical (unpaired) electrons. The Morgan fingerprint density at radius 3 is 2.62 bits per heavy atom. The number of aromatic nitrogens is 4. The number of benzene rings is 1. The Kier molecular flexibility index (Phi) is 5.26. The molecule has 7 heteroatoms. The lowest BCUT2D eigenvalue weighted by molar-refractivity contribution is 0.0519. The normalized spacial score (nSPS) is 10.6. The van der Waals surface area contributed by atoms with E-state index >= 15 is 0 Å². The zero-order valence-electron chi connectivity index (χ0n) is 15.0. The summed E-state index contributed by atoms with van der Waals surface area (Å²) in [6, 6.07) is 11.6. The molecule has 0 N–H and O–H groups in total. The van der Waals surface area contributed by atoms with Crippen molar-refractivity contribution in [2.24, 2.45) is 0 Å². The third-order valence-electron chi connectivity index (χ3n) is 3.65. The Bertz CT molecular complexity index is 906. The van der Waals surface area contributed by atoms with Crippen LogP contribution in [0.3, 0.4) is 0 Å². The van der Waals surface area contributed by atoms with Crippen molar-refractivity contribution in [2.45, 2.75) is 27.4 Å². The number of carbonyl (C=O) groups is 1. The maximum absolute atomic E-state index is 12.2. The van der Waals surface area contributed by atoms with Gasteiger partial charge in [-0.25, -0.2) is 14.5 Å². The highest BCUT2D eigenvalue weighted by Gasteiger charge is 2.19. The molecular weight excluding hydrogens is 332 g/mol. The molecule has 0 saturated heterocycles. The molecule has 134 valence electrons. The highest BCUT2D eigenvalue weighted by Crippen LogP contribution is 2.20. The van der Waals surface area contributed by atoms with Crippen LogP contribution in [-0.4, -0.2) is 32.3 Å². The molecule has 1 aromatic carbocycles. The summed E-state index contributed by atoms with van der Waals surface area (Å²) in [6.07, 6.45) is 1.41. The van der Waals surface area contributed by atoms with Crippen molar-refractivity contribution >= 4 is 5.97 Å². The smallest absolute Gasteiger partial charge is 0.345 e. The first-order valence-electron chi connectivity index (χ1n) is 8.33. The second kappa shape index (κ2) is 7.77. The maximum atomic E-state index is 12.2. The van der Waals surface area contributed by atoms with Crippen LogP contribution in [0.2, 0.25) is 0 Å². The Hall–Kier alpha value is -3.22. The predicted octanol–water partition coefficient (Wildman–Crippen LogP) is 3.03. The first-order chi connectivity index (χ1) is 12.6. The molecular formula is C19H20N4O3. The molecule has 0 aliphatic heterocycles. The molecule has 0 atom stereocenters. The maximum Gasteiger partial charge on any atom is 0.345 e. The van der Waals surface area contributed by atoms with Crippen LogP contribution in [0.25, 0.3) is 5.95 Å². The minimum Gasteiger partial charge on any atom is -0.472 e. The number of esters is 1. The van der Waals surface area contributed by atoms with Gasteiger partial charge in [-0.05, 0) is 32.4 Å². The van der Waals surface area contributed by atoms with Gasteiger partial charge in [0.25, 0.3) is 5.95 Å². The summed E-state index contributed by atoms with van der Waals surface area (Å²) in [7, 11) is 0. The van der Waals surface area contributed by atoms with Gasteiger partial charge in [-0.1, -0.05) is 30.3 Å². The monoisotopic (exact) mass is 352 g/mol. The molecule has 0 aliphatic rings. The quantitative estimate of drug-likeness (QED) is 0.635. The van der Waals surface area contributed by atoms with Crippen molar-refractivity contribution in [1.82, 2.24) is 19.7 Å². The topological polar surface area (TPSA) is 79.1 Å². The van der Waals surface area contributed by atoms with Gasteiger partial charge in [-0.2, -0.15) is 10.1 Å². The van der Waals surface area contributed by atoms with E-state index in [9.17, 15) is 4.79 Å². The average Bonchev–Trinajstić information content (AvgIpc) is 2.99. The fourth-order valence-electron chi connectivity index (χ4n) is 2.48. The number of hydrogen-bond acceptors (Lipinski definition) is 6. The number of aryl methyl sites for hydroxylation is 2. The van der Waals surface area contributed by atoms with Crippen molar-refractivity contribution in [1.29, 1.82) is 0 Å². The van der Waals surface area contributed by atoms with Crippen LogP contribution in [0, 0.1) is 13.8 Å². The number of ether oxygens (including phenoxy) is 2. The largest absolute Gasteiger partial charge is 0.472 e. The second-order valence-electron chi connectivity index (χ2n) is 5.72. The Morgan fingerprint density at radius 1 is 1.19 bits per heavy atom. The number of hydrogen-bond donors (Lipinski definition) is 0. The van der Waals surface area contributed by atoms with Gasteiger partial charge in [-0.3, -0.25) is 0 Å².